The average Bonchev–Trinajstić information content (AvgIpc) is 2.88. The molecule has 1 aromatic carbocycles. The summed E-state index contributed by atoms with van der Waals surface area (Å²) in [7, 11) is -3.56. The van der Waals surface area contributed by atoms with E-state index in [-0.39, 0.29) is 30.6 Å². The van der Waals surface area contributed by atoms with Gasteiger partial charge in [-0.15, -0.1) is 5.10 Å². The summed E-state index contributed by atoms with van der Waals surface area (Å²) in [5, 5.41) is 8.88. The van der Waals surface area contributed by atoms with Crippen molar-refractivity contribution in [2.45, 2.75) is 18.2 Å². The molecule has 0 radical (unpaired) electrons. The first-order chi connectivity index (χ1) is 9.84. The van der Waals surface area contributed by atoms with Crippen LogP contribution < -0.4 is 5.32 Å². The van der Waals surface area contributed by atoms with Gasteiger partial charge in [0.25, 0.3) is 0 Å². The molecule has 0 saturated heterocycles. The molecular formula is C12H12FN3O4S. The predicted octanol–water partition coefficient (Wildman–Crippen LogP) is 0.471. The summed E-state index contributed by atoms with van der Waals surface area (Å²) in [6, 6.07) is 5.53. The lowest BCUT2D eigenvalue weighted by molar-refractivity contribution is -0.120. The second-order valence-electron chi connectivity index (χ2n) is 4.31. The molecule has 0 unspecified atom stereocenters. The number of hydrogen-bond donors (Lipinski definition) is 1. The van der Waals surface area contributed by atoms with Crippen LogP contribution in [0.3, 0.4) is 0 Å². The fraction of sp³-hybridized carbons (Fsp3) is 0.250. The van der Waals surface area contributed by atoms with E-state index in [9.17, 15) is 17.6 Å². The molecule has 0 atom stereocenters. The van der Waals surface area contributed by atoms with Crippen molar-refractivity contribution in [3.8, 4) is 0 Å². The molecule has 1 aromatic heterocycles. The summed E-state index contributed by atoms with van der Waals surface area (Å²) >= 11 is 0. The van der Waals surface area contributed by atoms with Gasteiger partial charge in [-0.1, -0.05) is 17.2 Å². The average molecular weight is 313 g/mol. The number of nitrogens with zero attached hydrogens (tertiary/aromatic N) is 2. The minimum absolute atomic E-state index is 0.0112. The number of benzene rings is 1. The van der Waals surface area contributed by atoms with E-state index in [1.165, 1.54) is 24.3 Å². The van der Waals surface area contributed by atoms with E-state index in [0.29, 0.717) is 5.56 Å². The van der Waals surface area contributed by atoms with Crippen LogP contribution in [0.15, 0.2) is 33.9 Å². The van der Waals surface area contributed by atoms with Crippen LogP contribution in [0.2, 0.25) is 0 Å². The summed E-state index contributed by atoms with van der Waals surface area (Å²) in [6.07, 6.45) is 1.00. The number of amides is 1. The van der Waals surface area contributed by atoms with Crippen molar-refractivity contribution < 1.29 is 22.0 Å². The Morgan fingerprint density at radius 2 is 1.95 bits per heavy atom. The van der Waals surface area contributed by atoms with E-state index in [4.69, 9.17) is 4.42 Å². The Bertz CT molecular complexity index is 740. The molecule has 9 heteroatoms. The Labute approximate surface area is 120 Å². The molecule has 0 fully saturated rings. The first kappa shape index (κ1) is 15.1. The van der Waals surface area contributed by atoms with Crippen LogP contribution in [0.25, 0.3) is 0 Å². The maximum Gasteiger partial charge on any atom is 0.335 e. The lowest BCUT2D eigenvalue weighted by atomic mass is 10.1. The zero-order valence-corrected chi connectivity index (χ0v) is 11.9. The van der Waals surface area contributed by atoms with E-state index in [1.807, 2.05) is 0 Å². The van der Waals surface area contributed by atoms with Crippen molar-refractivity contribution in [2.24, 2.45) is 0 Å². The topological polar surface area (TPSA) is 102 Å². The normalized spacial score (nSPS) is 11.3. The van der Waals surface area contributed by atoms with Crippen molar-refractivity contribution >= 4 is 15.7 Å². The van der Waals surface area contributed by atoms with Crippen LogP contribution in [0, 0.1) is 5.82 Å². The van der Waals surface area contributed by atoms with E-state index < -0.39 is 15.1 Å². The number of carbonyl (C=O) groups is 1. The maximum atomic E-state index is 12.7. The number of carbonyl (C=O) groups excluding carboxylic acids is 1. The van der Waals surface area contributed by atoms with Crippen LogP contribution in [0.4, 0.5) is 4.39 Å². The molecule has 1 amide bonds. The third-order valence-corrected chi connectivity index (χ3v) is 3.28. The summed E-state index contributed by atoms with van der Waals surface area (Å²) in [4.78, 5) is 11.7. The summed E-state index contributed by atoms with van der Waals surface area (Å²) < 4.78 is 39.9. The predicted molar refractivity (Wildman–Crippen MR) is 69.4 cm³/mol. The van der Waals surface area contributed by atoms with Crippen molar-refractivity contribution in [2.75, 3.05) is 6.26 Å². The number of sulfone groups is 1. The molecule has 1 N–H and O–H groups in total. The molecule has 0 spiro atoms. The Morgan fingerprint density at radius 1 is 1.29 bits per heavy atom. The molecule has 0 aliphatic rings. The number of hydrogen-bond acceptors (Lipinski definition) is 6. The summed E-state index contributed by atoms with van der Waals surface area (Å²) in [6.45, 7) is -0.0808. The van der Waals surface area contributed by atoms with Gasteiger partial charge in [0.2, 0.25) is 21.6 Å². The molecule has 7 nitrogen and oxygen atoms in total. The van der Waals surface area contributed by atoms with Crippen molar-refractivity contribution in [3.63, 3.8) is 0 Å². The molecule has 21 heavy (non-hydrogen) atoms. The highest BCUT2D eigenvalue weighted by atomic mass is 32.2. The third-order valence-electron chi connectivity index (χ3n) is 2.48. The van der Waals surface area contributed by atoms with E-state index in [2.05, 4.69) is 15.5 Å². The number of rotatable bonds is 5. The largest absolute Gasteiger partial charge is 0.411 e. The van der Waals surface area contributed by atoms with Gasteiger partial charge in [-0.2, -0.15) is 0 Å². The molecule has 0 aliphatic carbocycles. The molecule has 0 aliphatic heterocycles. The zero-order valence-electron chi connectivity index (χ0n) is 11.0. The lowest BCUT2D eigenvalue weighted by Crippen LogP contribution is -2.24. The third kappa shape index (κ3) is 4.35. The molecule has 1 heterocycles. The quantitative estimate of drug-likeness (QED) is 0.861. The Hall–Kier alpha value is -2.29. The standard InChI is InChI=1S/C12H12FN3O4S/c1-21(18,19)12-16-15-11(20-12)7-14-10(17)6-8-2-4-9(13)5-3-8/h2-5H,6-7H2,1H3,(H,14,17). The zero-order chi connectivity index (χ0) is 15.5. The molecule has 0 saturated carbocycles. The minimum Gasteiger partial charge on any atom is -0.411 e. The van der Waals surface area contributed by atoms with Crippen molar-refractivity contribution in [1.29, 1.82) is 0 Å². The lowest BCUT2D eigenvalue weighted by Gasteiger charge is -2.02. The fourth-order valence-electron chi connectivity index (χ4n) is 1.48. The van der Waals surface area contributed by atoms with Crippen LogP contribution in [0.5, 0.6) is 0 Å². The minimum atomic E-state index is -3.56. The highest BCUT2D eigenvalue weighted by Crippen LogP contribution is 2.07. The smallest absolute Gasteiger partial charge is 0.335 e. The maximum absolute atomic E-state index is 12.7. The van der Waals surface area contributed by atoms with Crippen LogP contribution in [-0.4, -0.2) is 30.8 Å². The van der Waals surface area contributed by atoms with E-state index in [1.54, 1.807) is 0 Å². The number of halogens is 1. The highest BCUT2D eigenvalue weighted by Gasteiger charge is 2.16. The number of nitrogens with one attached hydrogen (secondary N) is 1. The fourth-order valence-corrected chi connectivity index (χ4v) is 1.92. The monoisotopic (exact) mass is 313 g/mol. The van der Waals surface area contributed by atoms with Gasteiger partial charge < -0.3 is 9.73 Å². The molecule has 112 valence electrons. The SMILES string of the molecule is CS(=O)(=O)c1nnc(CNC(=O)Cc2ccc(F)cc2)o1. The van der Waals surface area contributed by atoms with Gasteiger partial charge in [0.05, 0.1) is 13.0 Å². The first-order valence-corrected chi connectivity index (χ1v) is 7.77. The van der Waals surface area contributed by atoms with E-state index >= 15 is 0 Å². The van der Waals surface area contributed by atoms with E-state index in [0.717, 1.165) is 6.26 Å². The first-order valence-electron chi connectivity index (χ1n) is 5.88. The Balaban J connectivity index is 1.89. The van der Waals surface area contributed by atoms with Crippen LogP contribution in [-0.2, 0) is 27.6 Å². The summed E-state index contributed by atoms with van der Waals surface area (Å²) in [5.74, 6) is -0.720. The van der Waals surface area contributed by atoms with Gasteiger partial charge in [0.1, 0.15) is 5.82 Å². The van der Waals surface area contributed by atoms with Gasteiger partial charge in [-0.3, -0.25) is 4.79 Å². The molecule has 0 bridgehead atoms. The second kappa shape index (κ2) is 6.00. The summed E-state index contributed by atoms with van der Waals surface area (Å²) in [5.41, 5.74) is 0.649. The highest BCUT2D eigenvalue weighted by molar-refractivity contribution is 7.90. The van der Waals surface area contributed by atoms with Crippen molar-refractivity contribution in [1.82, 2.24) is 15.5 Å². The molecular weight excluding hydrogens is 301 g/mol. The molecule has 2 rings (SSSR count). The van der Waals surface area contributed by atoms with Gasteiger partial charge in [0, 0.05) is 6.26 Å². The Morgan fingerprint density at radius 3 is 2.52 bits per heavy atom. The number of aromatic nitrogens is 2. The van der Waals surface area contributed by atoms with Gasteiger partial charge in [-0.05, 0) is 17.7 Å². The second-order valence-corrected chi connectivity index (χ2v) is 6.21. The van der Waals surface area contributed by atoms with Gasteiger partial charge in [0.15, 0.2) is 0 Å². The van der Waals surface area contributed by atoms with Crippen molar-refractivity contribution in [3.05, 3.63) is 41.5 Å². The van der Waals surface area contributed by atoms with Crippen LogP contribution >= 0.6 is 0 Å². The van der Waals surface area contributed by atoms with Gasteiger partial charge >= 0.3 is 5.22 Å². The van der Waals surface area contributed by atoms with Gasteiger partial charge in [-0.25, -0.2) is 12.8 Å². The van der Waals surface area contributed by atoms with Crippen LogP contribution in [0.1, 0.15) is 11.5 Å². The Kier molecular flexibility index (Phi) is 4.32. The molecule has 2 aromatic rings.